The van der Waals surface area contributed by atoms with Crippen molar-refractivity contribution >= 4 is 29.1 Å². The fourth-order valence-corrected chi connectivity index (χ4v) is 4.25. The molecular formula is C24H24ClN5O3. The number of benzene rings is 2. The van der Waals surface area contributed by atoms with Gasteiger partial charge in [-0.1, -0.05) is 30.7 Å². The average molecular weight is 466 g/mol. The molecule has 0 spiro atoms. The van der Waals surface area contributed by atoms with E-state index < -0.39 is 6.04 Å². The second kappa shape index (κ2) is 8.78. The van der Waals surface area contributed by atoms with Crippen molar-refractivity contribution in [1.29, 1.82) is 0 Å². The Bertz CT molecular complexity index is 1250. The molecule has 8 nitrogen and oxygen atoms in total. The number of allylic oxidation sites excluding steroid dienone is 1. The van der Waals surface area contributed by atoms with Crippen molar-refractivity contribution in [2.24, 2.45) is 0 Å². The minimum atomic E-state index is -0.495. The topological polar surface area (TPSA) is 90.3 Å². The molecule has 5 rings (SSSR count). The zero-order valence-electron chi connectivity index (χ0n) is 18.4. The number of aromatic nitrogens is 3. The molecule has 33 heavy (non-hydrogen) atoms. The predicted molar refractivity (Wildman–Crippen MR) is 126 cm³/mol. The van der Waals surface area contributed by atoms with Crippen molar-refractivity contribution in [3.05, 3.63) is 70.1 Å². The minimum Gasteiger partial charge on any atom is -0.490 e. The van der Waals surface area contributed by atoms with Gasteiger partial charge in [-0.3, -0.25) is 4.79 Å². The lowest BCUT2D eigenvalue weighted by atomic mass is 9.94. The second-order valence-corrected chi connectivity index (χ2v) is 8.37. The molecule has 0 radical (unpaired) electrons. The van der Waals surface area contributed by atoms with E-state index in [4.69, 9.17) is 21.1 Å². The van der Waals surface area contributed by atoms with Crippen molar-refractivity contribution in [1.82, 2.24) is 14.8 Å². The van der Waals surface area contributed by atoms with Gasteiger partial charge in [-0.05, 0) is 42.8 Å². The number of nitrogens with zero attached hydrogens (tertiary/aromatic N) is 3. The van der Waals surface area contributed by atoms with E-state index in [1.54, 1.807) is 28.9 Å². The van der Waals surface area contributed by atoms with Crippen LogP contribution in [0, 0.1) is 0 Å². The molecule has 2 N–H and O–H groups in total. The Labute approximate surface area is 196 Å². The lowest BCUT2D eigenvalue weighted by molar-refractivity contribution is -0.113. The lowest BCUT2D eigenvalue weighted by Gasteiger charge is -2.29. The molecule has 0 aliphatic carbocycles. The van der Waals surface area contributed by atoms with Crippen LogP contribution in [0.2, 0.25) is 5.02 Å². The number of ether oxygens (including phenoxy) is 2. The van der Waals surface area contributed by atoms with Crippen LogP contribution in [0.1, 0.15) is 37.7 Å². The van der Waals surface area contributed by atoms with Gasteiger partial charge in [-0.25, -0.2) is 4.68 Å². The van der Waals surface area contributed by atoms with Gasteiger partial charge in [0.05, 0.1) is 18.8 Å². The molecule has 0 fully saturated rings. The first kappa shape index (κ1) is 21.3. The molecule has 9 heteroatoms. The number of rotatable bonds is 4. The molecule has 170 valence electrons. The Morgan fingerprint density at radius 3 is 2.82 bits per heavy atom. The highest BCUT2D eigenvalue weighted by molar-refractivity contribution is 6.31. The standard InChI is InChI=1S/C24H24ClN5O3/c1-3-20-28-24-26-14(2)21(23(31)27-17-7-4-6-16(25)13-17)22(30(24)29-20)15-8-9-18-19(12-15)33-11-5-10-32-18/h4,6-9,12-13,22H,3,5,10-11H2,1-2H3,(H,27,31)(H,26,28,29). The van der Waals surface area contributed by atoms with Gasteiger partial charge in [-0.15, -0.1) is 0 Å². The number of fused-ring (bicyclic) bond motifs is 2. The Morgan fingerprint density at radius 2 is 2.03 bits per heavy atom. The number of carbonyl (C=O) groups excluding carboxylic acids is 1. The summed E-state index contributed by atoms with van der Waals surface area (Å²) in [7, 11) is 0. The van der Waals surface area contributed by atoms with Gasteiger partial charge in [-0.2, -0.15) is 10.1 Å². The van der Waals surface area contributed by atoms with Crippen LogP contribution in [0.15, 0.2) is 53.7 Å². The number of hydrogen-bond acceptors (Lipinski definition) is 6. The molecule has 3 heterocycles. The summed E-state index contributed by atoms with van der Waals surface area (Å²) < 4.78 is 13.5. The molecule has 1 aromatic heterocycles. The van der Waals surface area contributed by atoms with Gasteiger partial charge in [0.2, 0.25) is 5.95 Å². The Morgan fingerprint density at radius 1 is 1.21 bits per heavy atom. The van der Waals surface area contributed by atoms with Crippen molar-refractivity contribution in [3.63, 3.8) is 0 Å². The summed E-state index contributed by atoms with van der Waals surface area (Å²) in [6.45, 7) is 5.05. The number of halogens is 1. The van der Waals surface area contributed by atoms with E-state index in [9.17, 15) is 4.79 Å². The minimum absolute atomic E-state index is 0.251. The maximum Gasteiger partial charge on any atom is 0.255 e. The van der Waals surface area contributed by atoms with Crippen molar-refractivity contribution in [2.75, 3.05) is 23.8 Å². The smallest absolute Gasteiger partial charge is 0.255 e. The molecule has 3 aromatic rings. The van der Waals surface area contributed by atoms with Crippen LogP contribution in [-0.2, 0) is 11.2 Å². The second-order valence-electron chi connectivity index (χ2n) is 7.94. The Kier molecular flexibility index (Phi) is 5.68. The van der Waals surface area contributed by atoms with Gasteiger partial charge < -0.3 is 20.1 Å². The molecule has 1 amide bonds. The number of amides is 1. The first-order valence-electron chi connectivity index (χ1n) is 10.9. The molecule has 2 aliphatic rings. The van der Waals surface area contributed by atoms with Gasteiger partial charge in [0.25, 0.3) is 5.91 Å². The number of nitrogens with one attached hydrogen (secondary N) is 2. The third-order valence-electron chi connectivity index (χ3n) is 5.63. The summed E-state index contributed by atoms with van der Waals surface area (Å²) in [4.78, 5) is 18.1. The van der Waals surface area contributed by atoms with Gasteiger partial charge in [0.15, 0.2) is 17.3 Å². The third kappa shape index (κ3) is 4.14. The van der Waals surface area contributed by atoms with E-state index in [0.29, 0.717) is 64.9 Å². The highest BCUT2D eigenvalue weighted by Gasteiger charge is 2.35. The fraction of sp³-hybridized carbons (Fsp3) is 0.292. The average Bonchev–Trinajstić information content (AvgIpc) is 3.06. The van der Waals surface area contributed by atoms with Crippen LogP contribution in [0.4, 0.5) is 11.6 Å². The monoisotopic (exact) mass is 465 g/mol. The number of anilines is 2. The summed E-state index contributed by atoms with van der Waals surface area (Å²) in [6, 6.07) is 12.3. The van der Waals surface area contributed by atoms with Crippen LogP contribution >= 0.6 is 11.6 Å². The Balaban J connectivity index is 1.59. The van der Waals surface area contributed by atoms with Crippen LogP contribution in [0.25, 0.3) is 0 Å². The molecule has 1 atom stereocenters. The number of hydrogen-bond donors (Lipinski definition) is 2. The normalized spacial score (nSPS) is 17.1. The molecule has 2 aromatic carbocycles. The number of carbonyl (C=O) groups is 1. The maximum absolute atomic E-state index is 13.5. The molecule has 0 saturated heterocycles. The van der Waals surface area contributed by atoms with Crippen LogP contribution < -0.4 is 20.1 Å². The van der Waals surface area contributed by atoms with Crippen molar-refractivity contribution in [3.8, 4) is 11.5 Å². The summed E-state index contributed by atoms with van der Waals surface area (Å²) in [5, 5.41) is 11.4. The van der Waals surface area contributed by atoms with Crippen molar-refractivity contribution < 1.29 is 14.3 Å². The van der Waals surface area contributed by atoms with E-state index in [1.807, 2.05) is 32.0 Å². The van der Waals surface area contributed by atoms with E-state index in [2.05, 4.69) is 20.7 Å². The lowest BCUT2D eigenvalue weighted by Crippen LogP contribution is -2.31. The van der Waals surface area contributed by atoms with E-state index in [-0.39, 0.29) is 5.91 Å². The zero-order valence-corrected chi connectivity index (χ0v) is 19.1. The molecule has 0 bridgehead atoms. The van der Waals surface area contributed by atoms with Crippen LogP contribution in [0.5, 0.6) is 11.5 Å². The molecule has 0 saturated carbocycles. The van der Waals surface area contributed by atoms with Gasteiger partial charge >= 0.3 is 0 Å². The van der Waals surface area contributed by atoms with Crippen LogP contribution in [0.3, 0.4) is 0 Å². The van der Waals surface area contributed by atoms with Crippen molar-refractivity contribution in [2.45, 2.75) is 32.7 Å². The molecular weight excluding hydrogens is 442 g/mol. The first-order valence-corrected chi connectivity index (χ1v) is 11.3. The SMILES string of the molecule is CCc1nc2n(n1)C(c1ccc3c(c1)OCCCO3)C(C(=O)Nc1cccc(Cl)c1)=C(C)N2. The maximum atomic E-state index is 13.5. The summed E-state index contributed by atoms with van der Waals surface area (Å²) in [5.41, 5.74) is 2.70. The van der Waals surface area contributed by atoms with E-state index >= 15 is 0 Å². The van der Waals surface area contributed by atoms with Gasteiger partial charge in [0.1, 0.15) is 6.04 Å². The zero-order chi connectivity index (χ0) is 22.9. The third-order valence-corrected chi connectivity index (χ3v) is 5.86. The quantitative estimate of drug-likeness (QED) is 0.586. The molecule has 1 unspecified atom stereocenters. The highest BCUT2D eigenvalue weighted by atomic mass is 35.5. The summed E-state index contributed by atoms with van der Waals surface area (Å²) in [5.74, 6) is 2.40. The Hall–Kier alpha value is -3.52. The number of aryl methyl sites for hydroxylation is 1. The van der Waals surface area contributed by atoms with E-state index in [1.165, 1.54) is 0 Å². The van der Waals surface area contributed by atoms with E-state index in [0.717, 1.165) is 12.0 Å². The summed E-state index contributed by atoms with van der Waals surface area (Å²) in [6.07, 6.45) is 1.50. The summed E-state index contributed by atoms with van der Waals surface area (Å²) >= 11 is 6.11. The molecule has 2 aliphatic heterocycles. The largest absolute Gasteiger partial charge is 0.490 e. The van der Waals surface area contributed by atoms with Gasteiger partial charge in [0, 0.05) is 29.2 Å². The first-order chi connectivity index (χ1) is 16.0. The fourth-order valence-electron chi connectivity index (χ4n) is 4.06. The van der Waals surface area contributed by atoms with Crippen LogP contribution in [-0.4, -0.2) is 33.9 Å². The predicted octanol–water partition coefficient (Wildman–Crippen LogP) is 4.58. The highest BCUT2D eigenvalue weighted by Crippen LogP contribution is 2.39.